The fraction of sp³-hybridized carbons (Fsp3) is 0.500. The molecule has 112 valence electrons. The molecule has 0 aromatic heterocycles. The van der Waals surface area contributed by atoms with E-state index in [0.29, 0.717) is 0 Å². The number of benzene rings is 1. The molecule has 5 nitrogen and oxygen atoms in total. The fourth-order valence-corrected chi connectivity index (χ4v) is 3.11. The first-order valence-electron chi connectivity index (χ1n) is 7.40. The molecule has 2 heterocycles. The van der Waals surface area contributed by atoms with E-state index in [1.807, 2.05) is 29.2 Å². The Hall–Kier alpha value is -1.88. The van der Waals surface area contributed by atoms with E-state index in [1.54, 1.807) is 11.9 Å². The van der Waals surface area contributed by atoms with Crippen molar-refractivity contribution in [3.8, 4) is 0 Å². The second-order valence-electron chi connectivity index (χ2n) is 5.90. The molecule has 2 aliphatic rings. The molecular weight excluding hydrogens is 266 g/mol. The van der Waals surface area contributed by atoms with E-state index in [0.717, 1.165) is 37.4 Å². The van der Waals surface area contributed by atoms with Gasteiger partial charge in [0.05, 0.1) is 5.92 Å². The summed E-state index contributed by atoms with van der Waals surface area (Å²) in [6.07, 6.45) is 0.276. The summed E-state index contributed by atoms with van der Waals surface area (Å²) in [6.45, 7) is 3.29. The highest BCUT2D eigenvalue weighted by Crippen LogP contribution is 2.36. The van der Waals surface area contributed by atoms with E-state index in [4.69, 9.17) is 0 Å². The number of anilines is 1. The number of hydrogen-bond donors (Lipinski definition) is 0. The maximum Gasteiger partial charge on any atom is 0.230 e. The lowest BCUT2D eigenvalue weighted by atomic mass is 9.88. The van der Waals surface area contributed by atoms with Crippen molar-refractivity contribution < 1.29 is 9.59 Å². The maximum atomic E-state index is 12.8. The van der Waals surface area contributed by atoms with Gasteiger partial charge < -0.3 is 14.7 Å². The Kier molecular flexibility index (Phi) is 3.68. The smallest absolute Gasteiger partial charge is 0.230 e. The molecule has 0 N–H and O–H groups in total. The summed E-state index contributed by atoms with van der Waals surface area (Å²) in [5.41, 5.74) is 1.84. The number of para-hydroxylation sites is 1. The lowest BCUT2D eigenvalue weighted by Gasteiger charge is -2.37. The third-order valence-electron chi connectivity index (χ3n) is 4.54. The van der Waals surface area contributed by atoms with Crippen LogP contribution in [0.4, 0.5) is 5.69 Å². The van der Waals surface area contributed by atoms with E-state index in [9.17, 15) is 9.59 Å². The molecule has 5 heteroatoms. The van der Waals surface area contributed by atoms with Crippen LogP contribution in [0.5, 0.6) is 0 Å². The predicted molar refractivity (Wildman–Crippen MR) is 81.3 cm³/mol. The summed E-state index contributed by atoms with van der Waals surface area (Å²) in [4.78, 5) is 30.7. The Bertz CT molecular complexity index is 564. The average Bonchev–Trinajstić information content (AvgIpc) is 2.51. The second kappa shape index (κ2) is 5.48. The van der Waals surface area contributed by atoms with Crippen molar-refractivity contribution in [2.24, 2.45) is 0 Å². The summed E-state index contributed by atoms with van der Waals surface area (Å²) in [7, 11) is 3.84. The van der Waals surface area contributed by atoms with Crippen LogP contribution < -0.4 is 4.90 Å². The Labute approximate surface area is 125 Å². The standard InChI is InChI=1S/C16H21N3O2/c1-17-7-9-19(10-8-17)16(21)13-11-15(20)18(2)14-6-4-3-5-12(13)14/h3-6,13H,7-11H2,1-2H3. The zero-order chi connectivity index (χ0) is 15.0. The molecular formula is C16H21N3O2. The van der Waals surface area contributed by atoms with Gasteiger partial charge in [0.2, 0.25) is 11.8 Å². The summed E-state index contributed by atoms with van der Waals surface area (Å²) < 4.78 is 0. The SMILES string of the molecule is CN1CCN(C(=O)C2CC(=O)N(C)c3ccccc32)CC1. The van der Waals surface area contributed by atoms with Gasteiger partial charge in [0.25, 0.3) is 0 Å². The van der Waals surface area contributed by atoms with E-state index in [-0.39, 0.29) is 24.2 Å². The van der Waals surface area contributed by atoms with Gasteiger partial charge in [-0.1, -0.05) is 18.2 Å². The molecule has 3 rings (SSSR count). The minimum absolute atomic E-state index is 0.0150. The van der Waals surface area contributed by atoms with Crippen LogP contribution in [0.25, 0.3) is 0 Å². The largest absolute Gasteiger partial charge is 0.340 e. The quantitative estimate of drug-likeness (QED) is 0.771. The van der Waals surface area contributed by atoms with Gasteiger partial charge in [-0.15, -0.1) is 0 Å². The first-order valence-corrected chi connectivity index (χ1v) is 7.40. The molecule has 1 atom stereocenters. The van der Waals surface area contributed by atoms with Crippen molar-refractivity contribution in [1.82, 2.24) is 9.80 Å². The number of rotatable bonds is 1. The molecule has 0 aliphatic carbocycles. The van der Waals surface area contributed by atoms with Gasteiger partial charge in [-0.2, -0.15) is 0 Å². The molecule has 1 unspecified atom stereocenters. The van der Waals surface area contributed by atoms with Crippen LogP contribution in [0.3, 0.4) is 0 Å². The zero-order valence-corrected chi connectivity index (χ0v) is 12.6. The number of hydrogen-bond acceptors (Lipinski definition) is 3. The lowest BCUT2D eigenvalue weighted by molar-refractivity contribution is -0.136. The van der Waals surface area contributed by atoms with Crippen molar-refractivity contribution in [2.75, 3.05) is 45.2 Å². The van der Waals surface area contributed by atoms with E-state index >= 15 is 0 Å². The molecule has 0 spiro atoms. The van der Waals surface area contributed by atoms with Crippen molar-refractivity contribution in [1.29, 1.82) is 0 Å². The highest BCUT2D eigenvalue weighted by atomic mass is 16.2. The van der Waals surface area contributed by atoms with Gasteiger partial charge in [-0.05, 0) is 18.7 Å². The van der Waals surface area contributed by atoms with Crippen LogP contribution in [0, 0.1) is 0 Å². The number of likely N-dealkylation sites (N-methyl/N-ethyl adjacent to an activating group) is 1. The van der Waals surface area contributed by atoms with Gasteiger partial charge in [-0.25, -0.2) is 0 Å². The van der Waals surface area contributed by atoms with Crippen molar-refractivity contribution in [3.05, 3.63) is 29.8 Å². The first-order chi connectivity index (χ1) is 10.1. The van der Waals surface area contributed by atoms with E-state index in [2.05, 4.69) is 11.9 Å². The maximum absolute atomic E-state index is 12.8. The Morgan fingerprint density at radius 3 is 2.48 bits per heavy atom. The third-order valence-corrected chi connectivity index (χ3v) is 4.54. The monoisotopic (exact) mass is 287 g/mol. The molecule has 2 amide bonds. The molecule has 0 radical (unpaired) electrons. The summed E-state index contributed by atoms with van der Waals surface area (Å²) in [5.74, 6) is -0.216. The topological polar surface area (TPSA) is 43.9 Å². The number of carbonyl (C=O) groups is 2. The van der Waals surface area contributed by atoms with Crippen LogP contribution in [-0.4, -0.2) is 61.9 Å². The Balaban J connectivity index is 1.87. The molecule has 1 aromatic rings. The highest BCUT2D eigenvalue weighted by Gasteiger charge is 2.36. The number of piperazine rings is 1. The number of carbonyl (C=O) groups excluding carboxylic acids is 2. The van der Waals surface area contributed by atoms with Crippen LogP contribution in [0.2, 0.25) is 0 Å². The van der Waals surface area contributed by atoms with Crippen molar-refractivity contribution in [3.63, 3.8) is 0 Å². The van der Waals surface area contributed by atoms with Gasteiger partial charge in [0.15, 0.2) is 0 Å². The van der Waals surface area contributed by atoms with Gasteiger partial charge >= 0.3 is 0 Å². The number of fused-ring (bicyclic) bond motifs is 1. The molecule has 0 bridgehead atoms. The van der Waals surface area contributed by atoms with Crippen LogP contribution in [-0.2, 0) is 9.59 Å². The summed E-state index contributed by atoms with van der Waals surface area (Å²) >= 11 is 0. The van der Waals surface area contributed by atoms with Crippen LogP contribution in [0.15, 0.2) is 24.3 Å². The average molecular weight is 287 g/mol. The van der Waals surface area contributed by atoms with Crippen LogP contribution >= 0.6 is 0 Å². The van der Waals surface area contributed by atoms with Crippen molar-refractivity contribution >= 4 is 17.5 Å². The molecule has 2 aliphatic heterocycles. The number of nitrogens with zero attached hydrogens (tertiary/aromatic N) is 3. The molecule has 1 saturated heterocycles. The normalized spacial score (nSPS) is 23.1. The minimum atomic E-state index is -0.326. The molecule has 0 saturated carbocycles. The molecule has 1 aromatic carbocycles. The lowest BCUT2D eigenvalue weighted by Crippen LogP contribution is -2.50. The van der Waals surface area contributed by atoms with Gasteiger partial charge in [-0.3, -0.25) is 9.59 Å². The van der Waals surface area contributed by atoms with Gasteiger partial charge in [0.1, 0.15) is 0 Å². The van der Waals surface area contributed by atoms with Gasteiger partial charge in [0, 0.05) is 45.3 Å². The number of amides is 2. The second-order valence-corrected chi connectivity index (χ2v) is 5.90. The van der Waals surface area contributed by atoms with E-state index < -0.39 is 0 Å². The first kappa shape index (κ1) is 14.1. The summed E-state index contributed by atoms with van der Waals surface area (Å²) in [5, 5.41) is 0. The third kappa shape index (κ3) is 2.53. The highest BCUT2D eigenvalue weighted by molar-refractivity contribution is 6.02. The molecule has 21 heavy (non-hydrogen) atoms. The Morgan fingerprint density at radius 2 is 1.76 bits per heavy atom. The Morgan fingerprint density at radius 1 is 1.10 bits per heavy atom. The predicted octanol–water partition coefficient (Wildman–Crippen LogP) is 0.911. The molecule has 1 fully saturated rings. The van der Waals surface area contributed by atoms with Crippen molar-refractivity contribution in [2.45, 2.75) is 12.3 Å². The van der Waals surface area contributed by atoms with Crippen LogP contribution in [0.1, 0.15) is 17.9 Å². The zero-order valence-electron chi connectivity index (χ0n) is 12.6. The fourth-order valence-electron chi connectivity index (χ4n) is 3.11. The van der Waals surface area contributed by atoms with E-state index in [1.165, 1.54) is 0 Å². The minimum Gasteiger partial charge on any atom is -0.340 e. The summed E-state index contributed by atoms with van der Waals surface area (Å²) in [6, 6.07) is 7.73.